The van der Waals surface area contributed by atoms with E-state index in [1.165, 1.54) is 25.5 Å². The van der Waals surface area contributed by atoms with E-state index in [-0.39, 0.29) is 17.3 Å². The summed E-state index contributed by atoms with van der Waals surface area (Å²) < 4.78 is 32.5. The first-order valence-electron chi connectivity index (χ1n) is 4.87. The average molecular weight is 239 g/mol. The van der Waals surface area contributed by atoms with E-state index in [2.05, 4.69) is 10.3 Å². The molecular formula is C11H11F2N3O. The second-order valence-electron chi connectivity index (χ2n) is 3.49. The molecule has 1 aromatic rings. The Morgan fingerprint density at radius 2 is 2.24 bits per heavy atom. The molecule has 0 saturated carbocycles. The summed E-state index contributed by atoms with van der Waals surface area (Å²) in [5, 5.41) is 2.55. The third-order valence-electron chi connectivity index (χ3n) is 2.36. The average Bonchev–Trinajstić information content (AvgIpc) is 2.28. The minimum atomic E-state index is -2.14. The van der Waals surface area contributed by atoms with E-state index < -0.39 is 11.6 Å². The third-order valence-corrected chi connectivity index (χ3v) is 2.36. The summed E-state index contributed by atoms with van der Waals surface area (Å²) in [7, 11) is 1.33. The number of benzene rings is 1. The molecule has 0 radical (unpaired) electrons. The fourth-order valence-corrected chi connectivity index (χ4v) is 1.59. The Kier molecular flexibility index (Phi) is 2.71. The van der Waals surface area contributed by atoms with Gasteiger partial charge in [0.05, 0.1) is 12.7 Å². The molecule has 0 spiro atoms. The van der Waals surface area contributed by atoms with E-state index in [1.54, 1.807) is 0 Å². The van der Waals surface area contributed by atoms with E-state index in [0.29, 0.717) is 0 Å². The molecule has 4 nitrogen and oxygen atoms in total. The Balaban J connectivity index is 2.53. The number of guanidine groups is 1. The highest BCUT2D eigenvalue weighted by Crippen LogP contribution is 2.37. The number of rotatable bonds is 2. The third kappa shape index (κ3) is 2.06. The zero-order valence-electron chi connectivity index (χ0n) is 9.08. The van der Waals surface area contributed by atoms with Crippen molar-refractivity contribution in [1.82, 2.24) is 5.32 Å². The quantitative estimate of drug-likeness (QED) is 0.767. The van der Waals surface area contributed by atoms with Crippen molar-refractivity contribution < 1.29 is 13.5 Å². The number of nitrogens with zero attached hydrogens (tertiary/aromatic N) is 1. The van der Waals surface area contributed by atoms with E-state index in [1.807, 2.05) is 0 Å². The molecule has 0 fully saturated rings. The summed E-state index contributed by atoms with van der Waals surface area (Å²) in [4.78, 5) is 3.65. The van der Waals surface area contributed by atoms with E-state index in [9.17, 15) is 8.78 Å². The van der Waals surface area contributed by atoms with Gasteiger partial charge in [0.15, 0.2) is 5.96 Å². The predicted molar refractivity (Wildman–Crippen MR) is 59.6 cm³/mol. The zero-order chi connectivity index (χ0) is 12.5. The van der Waals surface area contributed by atoms with Crippen molar-refractivity contribution in [2.45, 2.75) is 5.79 Å². The van der Waals surface area contributed by atoms with Crippen molar-refractivity contribution in [1.29, 1.82) is 0 Å². The number of halogens is 2. The van der Waals surface area contributed by atoms with Gasteiger partial charge in [0.25, 0.3) is 5.79 Å². The van der Waals surface area contributed by atoms with Gasteiger partial charge >= 0.3 is 0 Å². The molecule has 0 saturated heterocycles. The van der Waals surface area contributed by atoms with Gasteiger partial charge < -0.3 is 15.8 Å². The van der Waals surface area contributed by atoms with E-state index >= 15 is 0 Å². The molecule has 0 amide bonds. The molecule has 1 atom stereocenters. The summed E-state index contributed by atoms with van der Waals surface area (Å²) in [6, 6.07) is 3.51. The molecule has 17 heavy (non-hydrogen) atoms. The Morgan fingerprint density at radius 3 is 2.88 bits per heavy atom. The Labute approximate surface area is 96.8 Å². The lowest BCUT2D eigenvalue weighted by atomic mass is 10.0. The van der Waals surface area contributed by atoms with Crippen LogP contribution in [0.5, 0.6) is 5.75 Å². The van der Waals surface area contributed by atoms with Gasteiger partial charge in [-0.15, -0.1) is 0 Å². The smallest absolute Gasteiger partial charge is 0.252 e. The monoisotopic (exact) mass is 239 g/mol. The Morgan fingerprint density at radius 1 is 1.47 bits per heavy atom. The number of nitrogens with two attached hydrogens (primary N) is 1. The maximum Gasteiger partial charge on any atom is 0.252 e. The lowest BCUT2D eigenvalue weighted by Gasteiger charge is -2.23. The molecule has 3 N–H and O–H groups in total. The molecule has 6 heteroatoms. The topological polar surface area (TPSA) is 59.6 Å². The zero-order valence-corrected chi connectivity index (χ0v) is 9.08. The minimum absolute atomic E-state index is 0.0543. The first kappa shape index (κ1) is 11.4. The van der Waals surface area contributed by atoms with Crippen LogP contribution in [0.1, 0.15) is 5.56 Å². The number of methoxy groups -OCH3 is 1. The standard InChI is InChI=1S/C11H11F2N3O/c1-17-9-6-7(12)2-3-8(9)11(13)4-5-15-10(14)16-11/h2-6H,1H3,(H3,14,15,16). The number of alkyl halides is 1. The number of hydrogen-bond acceptors (Lipinski definition) is 4. The maximum atomic E-state index is 14.5. The normalized spacial score (nSPS) is 22.9. The van der Waals surface area contributed by atoms with E-state index in [0.717, 1.165) is 12.1 Å². The van der Waals surface area contributed by atoms with Gasteiger partial charge in [-0.3, -0.25) is 0 Å². The highest BCUT2D eigenvalue weighted by Gasteiger charge is 2.33. The second-order valence-corrected chi connectivity index (χ2v) is 3.49. The van der Waals surface area contributed by atoms with Crippen molar-refractivity contribution in [3.8, 4) is 5.75 Å². The molecule has 2 rings (SSSR count). The van der Waals surface area contributed by atoms with Crippen LogP contribution in [-0.4, -0.2) is 13.1 Å². The van der Waals surface area contributed by atoms with Gasteiger partial charge in [-0.05, 0) is 18.2 Å². The number of nitrogens with one attached hydrogen (secondary N) is 1. The van der Waals surface area contributed by atoms with Crippen LogP contribution in [0.4, 0.5) is 8.78 Å². The number of aliphatic imine (C=N–C) groups is 1. The molecule has 1 aromatic carbocycles. The fraction of sp³-hybridized carbons (Fsp3) is 0.182. The first-order valence-corrected chi connectivity index (χ1v) is 4.87. The number of ether oxygens (including phenoxy) is 1. The first-order chi connectivity index (χ1) is 8.05. The van der Waals surface area contributed by atoms with Crippen molar-refractivity contribution in [2.24, 2.45) is 10.7 Å². The second kappa shape index (κ2) is 4.04. The summed E-state index contributed by atoms with van der Waals surface area (Å²) in [5.41, 5.74) is 5.50. The van der Waals surface area contributed by atoms with Gasteiger partial charge in [0.2, 0.25) is 0 Å². The van der Waals surface area contributed by atoms with Crippen molar-refractivity contribution >= 4 is 5.96 Å². The van der Waals surface area contributed by atoms with Crippen molar-refractivity contribution in [3.63, 3.8) is 0 Å². The van der Waals surface area contributed by atoms with Crippen molar-refractivity contribution in [2.75, 3.05) is 7.11 Å². The highest BCUT2D eigenvalue weighted by molar-refractivity contribution is 5.80. The molecule has 1 unspecified atom stereocenters. The SMILES string of the molecule is COc1cc(F)ccc1C1(F)C=CNC(N)=N1. The minimum Gasteiger partial charge on any atom is -0.496 e. The molecular weight excluding hydrogens is 228 g/mol. The van der Waals surface area contributed by atoms with Gasteiger partial charge in [-0.25, -0.2) is 13.8 Å². The van der Waals surface area contributed by atoms with Crippen LogP contribution in [-0.2, 0) is 5.79 Å². The maximum absolute atomic E-state index is 14.5. The van der Waals surface area contributed by atoms with Crippen LogP contribution in [0.2, 0.25) is 0 Å². The Bertz CT molecular complexity index is 501. The fourth-order valence-electron chi connectivity index (χ4n) is 1.59. The van der Waals surface area contributed by atoms with Crippen LogP contribution in [0, 0.1) is 5.82 Å². The lowest BCUT2D eigenvalue weighted by molar-refractivity contribution is 0.234. The van der Waals surface area contributed by atoms with Crippen LogP contribution in [0.3, 0.4) is 0 Å². The molecule has 1 heterocycles. The predicted octanol–water partition coefficient (Wildman–Crippen LogP) is 1.39. The van der Waals surface area contributed by atoms with Gasteiger partial charge in [-0.1, -0.05) is 0 Å². The number of hydrogen-bond donors (Lipinski definition) is 2. The largest absolute Gasteiger partial charge is 0.496 e. The molecule has 0 aromatic heterocycles. The molecule has 90 valence electrons. The summed E-state index contributed by atoms with van der Waals surface area (Å²) in [6.45, 7) is 0. The lowest BCUT2D eigenvalue weighted by Crippen LogP contribution is -2.35. The van der Waals surface area contributed by atoms with E-state index in [4.69, 9.17) is 10.5 Å². The summed E-state index contributed by atoms with van der Waals surface area (Å²) in [6.07, 6.45) is 2.52. The van der Waals surface area contributed by atoms with Crippen LogP contribution < -0.4 is 15.8 Å². The Hall–Kier alpha value is -2.11. The van der Waals surface area contributed by atoms with Crippen LogP contribution in [0.15, 0.2) is 35.5 Å². The molecule has 0 bridgehead atoms. The molecule has 1 aliphatic rings. The van der Waals surface area contributed by atoms with Crippen LogP contribution >= 0.6 is 0 Å². The molecule has 1 aliphatic heterocycles. The van der Waals surface area contributed by atoms with Crippen LogP contribution in [0.25, 0.3) is 0 Å². The highest BCUT2D eigenvalue weighted by atomic mass is 19.1. The molecule has 0 aliphatic carbocycles. The van der Waals surface area contributed by atoms with Crippen molar-refractivity contribution in [3.05, 3.63) is 41.9 Å². The summed E-state index contributed by atoms with van der Waals surface area (Å²) >= 11 is 0. The van der Waals surface area contributed by atoms with Gasteiger partial charge in [0.1, 0.15) is 11.6 Å². The van der Waals surface area contributed by atoms with Gasteiger partial charge in [0, 0.05) is 12.3 Å². The summed E-state index contributed by atoms with van der Waals surface area (Å²) in [5.74, 6) is -2.63. The van der Waals surface area contributed by atoms with Gasteiger partial charge in [-0.2, -0.15) is 0 Å².